The zero-order valence-electron chi connectivity index (χ0n) is 21.0. The van der Waals surface area contributed by atoms with Gasteiger partial charge in [-0.1, -0.05) is 55.5 Å². The van der Waals surface area contributed by atoms with Crippen molar-refractivity contribution in [2.45, 2.75) is 32.7 Å². The van der Waals surface area contributed by atoms with E-state index in [-0.39, 0.29) is 23.6 Å². The molecule has 5 rings (SSSR count). The summed E-state index contributed by atoms with van der Waals surface area (Å²) in [6.07, 6.45) is 6.10. The molecule has 7 nitrogen and oxygen atoms in total. The minimum absolute atomic E-state index is 0.0522. The molecule has 0 atom stereocenters. The first kappa shape index (κ1) is 25.3. The standard InChI is InChI=1S/C29H31N3O4S/c1-2-22-11-6-12-24-23(19-31(27(22)24)20-26(33)30-14-16-36-17-15-30)18-25-28(34)32(29(35)37-25)13-7-10-21-8-4-3-5-9-21/h3-6,8-9,11-12,18-19H,2,7,10,13-17,20H2,1H3/b25-18-. The van der Waals surface area contributed by atoms with E-state index in [4.69, 9.17) is 4.74 Å². The first-order valence-electron chi connectivity index (χ1n) is 12.8. The number of hydrogen-bond acceptors (Lipinski definition) is 5. The SMILES string of the molecule is CCc1cccc2c(/C=C3\SC(=O)N(CCCc4ccccc4)C3=O)cn(CC(=O)N3CCOCC3)c12. The zero-order valence-corrected chi connectivity index (χ0v) is 21.8. The molecular formula is C29H31N3O4S. The molecule has 37 heavy (non-hydrogen) atoms. The van der Waals surface area contributed by atoms with Gasteiger partial charge in [0.05, 0.1) is 23.6 Å². The Morgan fingerprint density at radius 2 is 1.84 bits per heavy atom. The Morgan fingerprint density at radius 3 is 2.59 bits per heavy atom. The highest BCUT2D eigenvalue weighted by Crippen LogP contribution is 2.35. The average Bonchev–Trinajstić information content (AvgIpc) is 3.41. The Kier molecular flexibility index (Phi) is 7.76. The lowest BCUT2D eigenvalue weighted by Crippen LogP contribution is -2.42. The van der Waals surface area contributed by atoms with Crippen molar-refractivity contribution in [2.75, 3.05) is 32.8 Å². The third kappa shape index (κ3) is 5.50. The lowest BCUT2D eigenvalue weighted by Gasteiger charge is -2.27. The topological polar surface area (TPSA) is 71.9 Å². The van der Waals surface area contributed by atoms with Gasteiger partial charge in [0.25, 0.3) is 11.1 Å². The van der Waals surface area contributed by atoms with Gasteiger partial charge >= 0.3 is 0 Å². The van der Waals surface area contributed by atoms with Gasteiger partial charge < -0.3 is 14.2 Å². The van der Waals surface area contributed by atoms with Crippen molar-refractivity contribution in [3.05, 3.63) is 76.3 Å². The molecule has 3 heterocycles. The lowest BCUT2D eigenvalue weighted by molar-refractivity contribution is -0.135. The predicted molar refractivity (Wildman–Crippen MR) is 146 cm³/mol. The number of hydrogen-bond donors (Lipinski definition) is 0. The van der Waals surface area contributed by atoms with E-state index in [9.17, 15) is 14.4 Å². The fourth-order valence-electron chi connectivity index (χ4n) is 4.97. The molecule has 192 valence electrons. The molecule has 0 bridgehead atoms. The van der Waals surface area contributed by atoms with Gasteiger partial charge in [-0.3, -0.25) is 19.3 Å². The third-order valence-corrected chi connectivity index (χ3v) is 7.82. The molecule has 0 spiro atoms. The third-order valence-electron chi connectivity index (χ3n) is 6.91. The van der Waals surface area contributed by atoms with Crippen molar-refractivity contribution < 1.29 is 19.1 Å². The maximum atomic E-state index is 13.1. The Morgan fingerprint density at radius 1 is 1.05 bits per heavy atom. The minimum atomic E-state index is -0.250. The van der Waals surface area contributed by atoms with Crippen LogP contribution in [0.1, 0.15) is 30.0 Å². The van der Waals surface area contributed by atoms with Crippen LogP contribution in [0, 0.1) is 0 Å². The van der Waals surface area contributed by atoms with Crippen molar-refractivity contribution in [1.82, 2.24) is 14.4 Å². The summed E-state index contributed by atoms with van der Waals surface area (Å²) >= 11 is 0.987. The number of para-hydroxylation sites is 1. The molecule has 2 aliphatic rings. The number of aromatic nitrogens is 1. The Bertz CT molecular complexity index is 1340. The quantitative estimate of drug-likeness (QED) is 0.404. The molecule has 2 aliphatic heterocycles. The second-order valence-electron chi connectivity index (χ2n) is 9.29. The van der Waals surface area contributed by atoms with Gasteiger partial charge in [0.15, 0.2) is 0 Å². The largest absolute Gasteiger partial charge is 0.378 e. The van der Waals surface area contributed by atoms with Crippen molar-refractivity contribution in [3.63, 3.8) is 0 Å². The molecule has 0 saturated carbocycles. The Labute approximate surface area is 221 Å². The maximum Gasteiger partial charge on any atom is 0.293 e. The van der Waals surface area contributed by atoms with E-state index in [2.05, 4.69) is 25.1 Å². The molecule has 2 saturated heterocycles. The summed E-state index contributed by atoms with van der Waals surface area (Å²) in [5, 5.41) is 0.745. The molecular weight excluding hydrogens is 486 g/mol. The van der Waals surface area contributed by atoms with Crippen molar-refractivity contribution in [3.8, 4) is 0 Å². The average molecular weight is 518 g/mol. The number of carbonyl (C=O) groups excluding carboxylic acids is 3. The summed E-state index contributed by atoms with van der Waals surface area (Å²) in [6, 6.07) is 16.2. The van der Waals surface area contributed by atoms with Crippen LogP contribution in [-0.2, 0) is 33.7 Å². The second kappa shape index (κ2) is 11.4. The van der Waals surface area contributed by atoms with Gasteiger partial charge in [-0.25, -0.2) is 0 Å². The van der Waals surface area contributed by atoms with Crippen LogP contribution in [-0.4, -0.2) is 64.3 Å². The highest BCUT2D eigenvalue weighted by atomic mass is 32.2. The summed E-state index contributed by atoms with van der Waals surface area (Å²) in [4.78, 5) is 42.5. The van der Waals surface area contributed by atoms with Crippen molar-refractivity contribution >= 4 is 45.8 Å². The van der Waals surface area contributed by atoms with E-state index in [1.54, 1.807) is 6.08 Å². The number of nitrogens with zero attached hydrogens (tertiary/aromatic N) is 3. The fourth-order valence-corrected chi connectivity index (χ4v) is 5.82. The molecule has 8 heteroatoms. The first-order valence-corrected chi connectivity index (χ1v) is 13.6. The summed E-state index contributed by atoms with van der Waals surface area (Å²) in [6.45, 7) is 5.03. The number of fused-ring (bicyclic) bond motifs is 1. The normalized spacial score (nSPS) is 17.4. The molecule has 2 fully saturated rings. The predicted octanol–water partition coefficient (Wildman–Crippen LogP) is 4.73. The van der Waals surface area contributed by atoms with E-state index in [1.165, 1.54) is 10.5 Å². The smallest absolute Gasteiger partial charge is 0.293 e. The molecule has 2 aromatic carbocycles. The van der Waals surface area contributed by atoms with Crippen LogP contribution in [0.3, 0.4) is 0 Å². The van der Waals surface area contributed by atoms with E-state index in [0.717, 1.165) is 53.1 Å². The summed E-state index contributed by atoms with van der Waals surface area (Å²) in [7, 11) is 0. The highest BCUT2D eigenvalue weighted by molar-refractivity contribution is 8.18. The van der Waals surface area contributed by atoms with Gasteiger partial charge in [-0.15, -0.1) is 0 Å². The van der Waals surface area contributed by atoms with Crippen LogP contribution in [0.25, 0.3) is 17.0 Å². The highest BCUT2D eigenvalue weighted by Gasteiger charge is 2.34. The summed E-state index contributed by atoms with van der Waals surface area (Å²) < 4.78 is 7.37. The van der Waals surface area contributed by atoms with E-state index >= 15 is 0 Å². The minimum Gasteiger partial charge on any atom is -0.378 e. The molecule has 3 amide bonds. The van der Waals surface area contributed by atoms with Crippen LogP contribution in [0.15, 0.2) is 59.6 Å². The summed E-state index contributed by atoms with van der Waals surface area (Å²) in [5.41, 5.74) is 4.17. The van der Waals surface area contributed by atoms with Gasteiger partial charge in [0.1, 0.15) is 6.54 Å². The number of ether oxygens (including phenoxy) is 1. The zero-order chi connectivity index (χ0) is 25.8. The molecule has 0 unspecified atom stereocenters. The van der Waals surface area contributed by atoms with Gasteiger partial charge in [-0.2, -0.15) is 0 Å². The van der Waals surface area contributed by atoms with Gasteiger partial charge in [-0.05, 0) is 48.2 Å². The van der Waals surface area contributed by atoms with Crippen molar-refractivity contribution in [2.24, 2.45) is 0 Å². The van der Waals surface area contributed by atoms with Crippen LogP contribution in [0.4, 0.5) is 4.79 Å². The van der Waals surface area contributed by atoms with E-state index < -0.39 is 0 Å². The Hall–Kier alpha value is -3.36. The van der Waals surface area contributed by atoms with Gasteiger partial charge in [0, 0.05) is 36.8 Å². The lowest BCUT2D eigenvalue weighted by atomic mass is 10.1. The van der Waals surface area contributed by atoms with Crippen LogP contribution < -0.4 is 0 Å². The number of aryl methyl sites for hydroxylation is 2. The molecule has 0 radical (unpaired) electrons. The number of rotatable bonds is 8. The van der Waals surface area contributed by atoms with Crippen LogP contribution >= 0.6 is 11.8 Å². The number of thioether (sulfide) groups is 1. The molecule has 3 aromatic rings. The summed E-state index contributed by atoms with van der Waals surface area (Å²) in [5.74, 6) is -0.198. The van der Waals surface area contributed by atoms with Crippen LogP contribution in [0.2, 0.25) is 0 Å². The number of imide groups is 1. The number of amides is 3. The van der Waals surface area contributed by atoms with E-state index in [1.807, 2.05) is 46.0 Å². The molecule has 1 aromatic heterocycles. The van der Waals surface area contributed by atoms with Crippen molar-refractivity contribution in [1.29, 1.82) is 0 Å². The number of benzene rings is 2. The first-order chi connectivity index (χ1) is 18.0. The molecule has 0 N–H and O–H groups in total. The molecule has 0 aliphatic carbocycles. The monoisotopic (exact) mass is 517 g/mol. The second-order valence-corrected chi connectivity index (χ2v) is 10.3. The van der Waals surface area contributed by atoms with Crippen LogP contribution in [0.5, 0.6) is 0 Å². The van der Waals surface area contributed by atoms with Gasteiger partial charge in [0.2, 0.25) is 5.91 Å². The number of morpholine rings is 1. The Balaban J connectivity index is 1.37. The maximum absolute atomic E-state index is 13.1. The van der Waals surface area contributed by atoms with E-state index in [0.29, 0.717) is 37.8 Å². The number of carbonyl (C=O) groups is 3. The fraction of sp³-hybridized carbons (Fsp3) is 0.345.